The Hall–Kier alpha value is -5.51. The Kier molecular flexibility index (Phi) is 8.16. The average Bonchev–Trinajstić information content (AvgIpc) is 3.78. The van der Waals surface area contributed by atoms with E-state index in [-0.39, 0.29) is 63.6 Å². The van der Waals surface area contributed by atoms with E-state index in [4.69, 9.17) is 20.8 Å². The van der Waals surface area contributed by atoms with E-state index in [2.05, 4.69) is 14.8 Å². The molecule has 2 heterocycles. The highest BCUT2D eigenvalue weighted by atomic mass is 16.5. The fourth-order valence-electron chi connectivity index (χ4n) is 6.74. The summed E-state index contributed by atoms with van der Waals surface area (Å²) in [6.45, 7) is 8.47. The molecule has 3 aliphatic rings. The Morgan fingerprint density at radius 1 is 0.854 bits per heavy atom. The van der Waals surface area contributed by atoms with Gasteiger partial charge < -0.3 is 19.2 Å². The van der Waals surface area contributed by atoms with E-state index in [1.165, 1.54) is 30.3 Å². The second kappa shape index (κ2) is 12.6. The van der Waals surface area contributed by atoms with E-state index in [1.807, 2.05) is 12.1 Å². The number of aromatic amines is 1. The molecule has 242 valence electrons. The zero-order valence-corrected chi connectivity index (χ0v) is 26.0. The van der Waals surface area contributed by atoms with Crippen molar-refractivity contribution in [2.45, 2.75) is 37.5 Å². The molecule has 4 aromatic rings. The van der Waals surface area contributed by atoms with Crippen LogP contribution < -0.4 is 15.2 Å². The van der Waals surface area contributed by atoms with Gasteiger partial charge in [-0.05, 0) is 60.7 Å². The minimum atomic E-state index is -1.45. The number of H-pyrrole nitrogens is 1. The van der Waals surface area contributed by atoms with Crippen molar-refractivity contribution < 1.29 is 33.4 Å². The number of methoxy groups -OCH3 is 1. The van der Waals surface area contributed by atoms with Crippen LogP contribution in [0.4, 0.5) is 11.4 Å². The second-order valence-corrected chi connectivity index (χ2v) is 12.0. The lowest BCUT2D eigenvalue weighted by Gasteiger charge is -2.21. The maximum atomic E-state index is 13.9. The molecule has 0 saturated heterocycles. The third kappa shape index (κ3) is 5.27. The third-order valence-corrected chi connectivity index (χ3v) is 9.16. The zero-order valence-electron chi connectivity index (χ0n) is 26.0. The third-order valence-electron chi connectivity index (χ3n) is 9.16. The first kappa shape index (κ1) is 31.1. The SMILES string of the molecule is [C-]#[N+]c1ccc2nc(C3C(=O)c4cc5c(cc4C3=O)C(=O)N(c3ccc(C4CCCC4)cc3OCCOCCOC)C5=O)[nH]c(=O)c2c1. The molecule has 48 heavy (non-hydrogen) atoms. The molecule has 0 spiro atoms. The number of carbonyl (C=O) groups excluding carboxylic acids is 4. The van der Waals surface area contributed by atoms with E-state index in [0.717, 1.165) is 36.1 Å². The van der Waals surface area contributed by atoms with Crippen molar-refractivity contribution in [3.05, 3.63) is 104 Å². The lowest BCUT2D eigenvalue weighted by molar-refractivity contribution is 0.0544. The van der Waals surface area contributed by atoms with Crippen molar-refractivity contribution in [1.29, 1.82) is 0 Å². The number of amides is 2. The number of nitrogens with one attached hydrogen (secondary N) is 1. The molecule has 3 aromatic carbocycles. The van der Waals surface area contributed by atoms with Crippen LogP contribution in [0.5, 0.6) is 5.75 Å². The lowest BCUT2D eigenvalue weighted by Crippen LogP contribution is -2.30. The monoisotopic (exact) mass is 646 g/mol. The number of imide groups is 1. The molecule has 1 aliphatic heterocycles. The van der Waals surface area contributed by atoms with E-state index < -0.39 is 34.9 Å². The molecule has 1 fully saturated rings. The number of fused-ring (bicyclic) bond motifs is 3. The number of benzene rings is 3. The number of carbonyl (C=O) groups is 4. The van der Waals surface area contributed by atoms with Gasteiger partial charge in [0.15, 0.2) is 17.3 Å². The smallest absolute Gasteiger partial charge is 0.266 e. The van der Waals surface area contributed by atoms with Crippen molar-refractivity contribution in [2.75, 3.05) is 38.4 Å². The molecule has 0 radical (unpaired) electrons. The average molecular weight is 647 g/mol. The van der Waals surface area contributed by atoms with Crippen molar-refractivity contribution in [3.63, 3.8) is 0 Å². The first-order valence-electron chi connectivity index (χ1n) is 15.7. The number of hydrogen-bond acceptors (Lipinski definition) is 9. The first-order chi connectivity index (χ1) is 23.3. The van der Waals surface area contributed by atoms with Crippen LogP contribution in [0.3, 0.4) is 0 Å². The Bertz CT molecular complexity index is 2070. The highest BCUT2D eigenvalue weighted by Gasteiger charge is 2.46. The van der Waals surface area contributed by atoms with Gasteiger partial charge in [-0.2, -0.15) is 0 Å². The number of hydrogen-bond donors (Lipinski definition) is 1. The standard InChI is InChI=1S/C36H30N4O8/c1-37-21-8-9-27-26(16-21)34(43)39-33(38-27)30-31(41)22-17-24-25(18-23(22)32(30)42)36(45)40(35(24)44)28-10-7-20(19-5-3-4-6-19)15-29(28)48-14-13-47-12-11-46-2/h7-10,15-19,30H,3-6,11-14H2,2H3,(H,38,39,43). The summed E-state index contributed by atoms with van der Waals surface area (Å²) in [5, 5.41) is 0.149. The molecule has 1 N–H and O–H groups in total. The minimum Gasteiger partial charge on any atom is -0.489 e. The number of anilines is 1. The van der Waals surface area contributed by atoms with Crippen molar-refractivity contribution in [3.8, 4) is 5.75 Å². The summed E-state index contributed by atoms with van der Waals surface area (Å²) < 4.78 is 16.6. The molecular weight excluding hydrogens is 616 g/mol. The van der Waals surface area contributed by atoms with Crippen molar-refractivity contribution in [2.24, 2.45) is 0 Å². The molecule has 1 saturated carbocycles. The van der Waals surface area contributed by atoms with Gasteiger partial charge in [-0.15, -0.1) is 0 Å². The highest BCUT2D eigenvalue weighted by Crippen LogP contribution is 2.42. The molecule has 7 rings (SSSR count). The number of aromatic nitrogens is 2. The molecule has 0 bridgehead atoms. The number of ketones is 2. The van der Waals surface area contributed by atoms with Gasteiger partial charge >= 0.3 is 0 Å². The molecule has 0 unspecified atom stereocenters. The van der Waals surface area contributed by atoms with Crippen LogP contribution in [0.1, 0.15) is 90.3 Å². The van der Waals surface area contributed by atoms with Gasteiger partial charge in [0.1, 0.15) is 24.1 Å². The number of rotatable bonds is 10. The fraction of sp³-hybridized carbons (Fsp3) is 0.306. The maximum absolute atomic E-state index is 13.9. The van der Waals surface area contributed by atoms with E-state index >= 15 is 0 Å². The summed E-state index contributed by atoms with van der Waals surface area (Å²) in [6.07, 6.45) is 4.36. The van der Waals surface area contributed by atoms with Crippen LogP contribution in [0.15, 0.2) is 53.3 Å². The van der Waals surface area contributed by atoms with Crippen LogP contribution in [0.25, 0.3) is 15.7 Å². The van der Waals surface area contributed by atoms with Gasteiger partial charge in [0.25, 0.3) is 17.4 Å². The van der Waals surface area contributed by atoms with Gasteiger partial charge in [0.2, 0.25) is 0 Å². The summed E-state index contributed by atoms with van der Waals surface area (Å²) >= 11 is 0. The molecule has 2 aliphatic carbocycles. The molecule has 12 heteroatoms. The number of Topliss-reactive ketones (excluding diaryl/α,β-unsaturated/α-hetero) is 2. The van der Waals surface area contributed by atoms with Crippen molar-refractivity contribution in [1.82, 2.24) is 9.97 Å². The fourth-order valence-corrected chi connectivity index (χ4v) is 6.74. The normalized spacial score (nSPS) is 16.2. The summed E-state index contributed by atoms with van der Waals surface area (Å²) in [5.74, 6) is -3.46. The quantitative estimate of drug-likeness (QED) is 0.107. The number of nitrogens with zero attached hydrogens (tertiary/aromatic N) is 3. The summed E-state index contributed by atoms with van der Waals surface area (Å²) in [5.41, 5.74) is 1.11. The molecule has 0 atom stereocenters. The van der Waals surface area contributed by atoms with Crippen LogP contribution in [-0.4, -0.2) is 66.9 Å². The predicted octanol–water partition coefficient (Wildman–Crippen LogP) is 5.14. The largest absolute Gasteiger partial charge is 0.489 e. The summed E-state index contributed by atoms with van der Waals surface area (Å²) in [7, 11) is 1.58. The molecular formula is C36H30N4O8. The topological polar surface area (TPSA) is 149 Å². The summed E-state index contributed by atoms with van der Waals surface area (Å²) in [4.78, 5) is 79.1. The van der Waals surface area contributed by atoms with Gasteiger partial charge in [0, 0.05) is 18.2 Å². The zero-order chi connectivity index (χ0) is 33.5. The molecule has 12 nitrogen and oxygen atoms in total. The minimum absolute atomic E-state index is 0.0131. The van der Waals surface area contributed by atoms with Gasteiger partial charge in [0.05, 0.1) is 54.1 Å². The van der Waals surface area contributed by atoms with Gasteiger partial charge in [-0.3, -0.25) is 24.0 Å². The second-order valence-electron chi connectivity index (χ2n) is 12.0. The van der Waals surface area contributed by atoms with E-state index in [0.29, 0.717) is 24.9 Å². The predicted molar refractivity (Wildman–Crippen MR) is 173 cm³/mol. The van der Waals surface area contributed by atoms with Crippen LogP contribution >= 0.6 is 0 Å². The first-order valence-corrected chi connectivity index (χ1v) is 15.7. The van der Waals surface area contributed by atoms with Gasteiger partial charge in [-0.1, -0.05) is 25.0 Å². The van der Waals surface area contributed by atoms with Crippen LogP contribution in [0, 0.1) is 6.57 Å². The Morgan fingerprint density at radius 3 is 2.21 bits per heavy atom. The van der Waals surface area contributed by atoms with Crippen LogP contribution in [-0.2, 0) is 9.47 Å². The highest BCUT2D eigenvalue weighted by molar-refractivity contribution is 6.37. The Balaban J connectivity index is 1.19. The lowest BCUT2D eigenvalue weighted by atomic mass is 9.97. The molecule has 2 amide bonds. The Morgan fingerprint density at radius 2 is 1.54 bits per heavy atom. The van der Waals surface area contributed by atoms with E-state index in [9.17, 15) is 24.0 Å². The Labute approximate surface area is 274 Å². The molecule has 1 aromatic heterocycles. The van der Waals surface area contributed by atoms with E-state index in [1.54, 1.807) is 13.2 Å². The van der Waals surface area contributed by atoms with Gasteiger partial charge in [-0.25, -0.2) is 14.7 Å². The van der Waals surface area contributed by atoms with Crippen LogP contribution in [0.2, 0.25) is 0 Å². The summed E-state index contributed by atoms with van der Waals surface area (Å²) in [6, 6.07) is 12.4. The van der Waals surface area contributed by atoms with Crippen molar-refractivity contribution >= 4 is 45.7 Å². The maximum Gasteiger partial charge on any atom is 0.266 e. The number of ether oxygens (including phenoxy) is 3.